The molecule has 0 bridgehead atoms. The van der Waals surface area contributed by atoms with Crippen molar-refractivity contribution < 1.29 is 8.42 Å². The van der Waals surface area contributed by atoms with Crippen LogP contribution >= 0.6 is 0 Å². The van der Waals surface area contributed by atoms with Gasteiger partial charge in [0.2, 0.25) is 10.0 Å². The molecule has 1 aliphatic heterocycles. The van der Waals surface area contributed by atoms with Crippen LogP contribution in [0.5, 0.6) is 0 Å². The Bertz CT molecular complexity index is 601. The second-order valence-electron chi connectivity index (χ2n) is 5.87. The highest BCUT2D eigenvalue weighted by atomic mass is 32.2. The topological polar surface area (TPSA) is 66.6 Å². The molecule has 2 N–H and O–H groups in total. The molecule has 21 heavy (non-hydrogen) atoms. The first-order valence-electron chi connectivity index (χ1n) is 7.32. The minimum atomic E-state index is -3.44. The van der Waals surface area contributed by atoms with Gasteiger partial charge < -0.3 is 10.6 Å². The normalized spacial score (nSPS) is 20.3. The van der Waals surface area contributed by atoms with Gasteiger partial charge in [-0.05, 0) is 50.6 Å². The average molecular weight is 311 g/mol. The van der Waals surface area contributed by atoms with E-state index in [-0.39, 0.29) is 0 Å². The molecule has 1 unspecified atom stereocenters. The number of nitrogens with zero attached hydrogens (tertiary/aromatic N) is 2. The number of benzene rings is 1. The molecule has 2 rings (SSSR count). The molecule has 1 aliphatic rings. The zero-order valence-corrected chi connectivity index (χ0v) is 13.9. The summed E-state index contributed by atoms with van der Waals surface area (Å²) in [5.74, 6) is 0. The summed E-state index contributed by atoms with van der Waals surface area (Å²) < 4.78 is 26.9. The lowest BCUT2D eigenvalue weighted by Gasteiger charge is -2.26. The van der Waals surface area contributed by atoms with Crippen LogP contribution in [0.25, 0.3) is 0 Å². The Balaban J connectivity index is 2.20. The largest absolute Gasteiger partial charge is 0.326 e. The fourth-order valence-corrected chi connectivity index (χ4v) is 4.31. The molecule has 0 radical (unpaired) electrons. The number of rotatable bonds is 5. The summed E-state index contributed by atoms with van der Waals surface area (Å²) in [7, 11) is 0.280. The molecule has 5 nitrogen and oxygen atoms in total. The van der Waals surface area contributed by atoms with E-state index in [1.807, 2.05) is 13.0 Å². The molecule has 0 spiro atoms. The van der Waals surface area contributed by atoms with Crippen molar-refractivity contribution in [1.82, 2.24) is 9.21 Å². The smallest absolute Gasteiger partial charge is 0.243 e. The van der Waals surface area contributed by atoms with E-state index >= 15 is 0 Å². The number of likely N-dealkylation sites (N-methyl/N-ethyl adjacent to an activating group) is 2. The van der Waals surface area contributed by atoms with Crippen LogP contribution in [0.4, 0.5) is 0 Å². The van der Waals surface area contributed by atoms with Gasteiger partial charge in [0, 0.05) is 26.2 Å². The lowest BCUT2D eigenvalue weighted by Crippen LogP contribution is -2.39. The highest BCUT2D eigenvalue weighted by molar-refractivity contribution is 7.89. The first kappa shape index (κ1) is 16.4. The Morgan fingerprint density at radius 1 is 1.43 bits per heavy atom. The molecule has 1 aromatic rings. The first-order chi connectivity index (χ1) is 9.86. The van der Waals surface area contributed by atoms with E-state index in [4.69, 9.17) is 5.73 Å². The van der Waals surface area contributed by atoms with Crippen LogP contribution in [0.1, 0.15) is 24.0 Å². The molecule has 0 saturated carbocycles. The molecule has 1 heterocycles. The maximum Gasteiger partial charge on any atom is 0.243 e. The monoisotopic (exact) mass is 311 g/mol. The minimum Gasteiger partial charge on any atom is -0.326 e. The summed E-state index contributed by atoms with van der Waals surface area (Å²) in [6.45, 7) is 3.82. The molecule has 1 atom stereocenters. The molecule has 0 aromatic heterocycles. The third kappa shape index (κ3) is 3.45. The van der Waals surface area contributed by atoms with E-state index in [9.17, 15) is 8.42 Å². The van der Waals surface area contributed by atoms with Crippen LogP contribution in [0, 0.1) is 6.92 Å². The number of hydrogen-bond donors (Lipinski definition) is 1. The standard InChI is InChI=1S/C15H25N3O2S/c1-12-9-13(10-16)6-7-15(12)21(19,20)18(3)11-14-5-4-8-17(14)2/h6-7,9,14H,4-5,8,10-11,16H2,1-3H3. The number of likely N-dealkylation sites (tertiary alicyclic amines) is 1. The molecule has 1 saturated heterocycles. The fraction of sp³-hybridized carbons (Fsp3) is 0.600. The number of nitrogens with two attached hydrogens (primary N) is 1. The van der Waals surface area contributed by atoms with Gasteiger partial charge in [-0.2, -0.15) is 4.31 Å². The highest BCUT2D eigenvalue weighted by Gasteiger charge is 2.28. The summed E-state index contributed by atoms with van der Waals surface area (Å²) in [4.78, 5) is 2.61. The van der Waals surface area contributed by atoms with Crippen LogP contribution in [-0.2, 0) is 16.6 Å². The Morgan fingerprint density at radius 2 is 2.14 bits per heavy atom. The van der Waals surface area contributed by atoms with Crippen LogP contribution in [-0.4, -0.2) is 50.8 Å². The molecule has 118 valence electrons. The van der Waals surface area contributed by atoms with Crippen LogP contribution in [0.15, 0.2) is 23.1 Å². The van der Waals surface area contributed by atoms with Crippen molar-refractivity contribution in [1.29, 1.82) is 0 Å². The molecule has 6 heteroatoms. The van der Waals surface area contributed by atoms with Gasteiger partial charge in [0.25, 0.3) is 0 Å². The molecular formula is C15H25N3O2S. The first-order valence-corrected chi connectivity index (χ1v) is 8.76. The lowest BCUT2D eigenvalue weighted by molar-refractivity contribution is 0.271. The average Bonchev–Trinajstić information content (AvgIpc) is 2.83. The van der Waals surface area contributed by atoms with Gasteiger partial charge in [-0.3, -0.25) is 0 Å². The van der Waals surface area contributed by atoms with Crippen molar-refractivity contribution in [2.75, 3.05) is 27.2 Å². The summed E-state index contributed by atoms with van der Waals surface area (Å²) in [6.07, 6.45) is 2.20. The second-order valence-corrected chi connectivity index (χ2v) is 7.88. The highest BCUT2D eigenvalue weighted by Crippen LogP contribution is 2.22. The SMILES string of the molecule is Cc1cc(CN)ccc1S(=O)(=O)N(C)CC1CCCN1C. The molecule has 0 aliphatic carbocycles. The number of aryl methyl sites for hydroxylation is 1. The quantitative estimate of drug-likeness (QED) is 0.886. The zero-order chi connectivity index (χ0) is 15.6. The predicted molar refractivity (Wildman–Crippen MR) is 84.5 cm³/mol. The van der Waals surface area contributed by atoms with Crippen molar-refractivity contribution in [2.24, 2.45) is 5.73 Å². The Morgan fingerprint density at radius 3 is 2.67 bits per heavy atom. The Hall–Kier alpha value is -0.950. The summed E-state index contributed by atoms with van der Waals surface area (Å²) in [5.41, 5.74) is 7.30. The van der Waals surface area contributed by atoms with Crippen molar-refractivity contribution in [2.45, 2.75) is 37.2 Å². The van der Waals surface area contributed by atoms with E-state index < -0.39 is 10.0 Å². The Labute approximate surface area is 127 Å². The fourth-order valence-electron chi connectivity index (χ4n) is 2.90. The van der Waals surface area contributed by atoms with Crippen molar-refractivity contribution in [3.05, 3.63) is 29.3 Å². The zero-order valence-electron chi connectivity index (χ0n) is 13.0. The van der Waals surface area contributed by atoms with Crippen molar-refractivity contribution in [3.8, 4) is 0 Å². The molecule has 1 aromatic carbocycles. The van der Waals surface area contributed by atoms with Gasteiger partial charge >= 0.3 is 0 Å². The number of sulfonamides is 1. The summed E-state index contributed by atoms with van der Waals surface area (Å²) >= 11 is 0. The van der Waals surface area contributed by atoms with Gasteiger partial charge in [-0.1, -0.05) is 12.1 Å². The van der Waals surface area contributed by atoms with E-state index in [1.54, 1.807) is 19.2 Å². The number of hydrogen-bond acceptors (Lipinski definition) is 4. The summed E-state index contributed by atoms with van der Waals surface area (Å²) in [6, 6.07) is 5.62. The van der Waals surface area contributed by atoms with Gasteiger partial charge in [0.05, 0.1) is 4.90 Å². The van der Waals surface area contributed by atoms with E-state index in [1.165, 1.54) is 4.31 Å². The van der Waals surface area contributed by atoms with Crippen molar-refractivity contribution >= 4 is 10.0 Å². The third-order valence-corrected chi connectivity index (χ3v) is 6.29. The van der Waals surface area contributed by atoms with Gasteiger partial charge in [-0.15, -0.1) is 0 Å². The van der Waals surface area contributed by atoms with Gasteiger partial charge in [0.1, 0.15) is 0 Å². The van der Waals surface area contributed by atoms with Gasteiger partial charge in [0.15, 0.2) is 0 Å². The molecule has 0 amide bonds. The van der Waals surface area contributed by atoms with E-state index in [0.717, 1.165) is 30.5 Å². The molecular weight excluding hydrogens is 286 g/mol. The molecule has 1 fully saturated rings. The summed E-state index contributed by atoms with van der Waals surface area (Å²) in [5, 5.41) is 0. The van der Waals surface area contributed by atoms with Crippen LogP contribution in [0.3, 0.4) is 0 Å². The second kappa shape index (κ2) is 6.44. The maximum absolute atomic E-state index is 12.7. The van der Waals surface area contributed by atoms with E-state index in [2.05, 4.69) is 11.9 Å². The lowest BCUT2D eigenvalue weighted by atomic mass is 10.1. The van der Waals surface area contributed by atoms with Crippen LogP contribution < -0.4 is 5.73 Å². The third-order valence-electron chi connectivity index (χ3n) is 4.30. The minimum absolute atomic E-state index is 0.313. The van der Waals surface area contributed by atoms with Gasteiger partial charge in [-0.25, -0.2) is 8.42 Å². The van der Waals surface area contributed by atoms with E-state index in [0.29, 0.717) is 24.0 Å². The Kier molecular flexibility index (Phi) is 5.03. The maximum atomic E-state index is 12.7. The predicted octanol–water partition coefficient (Wildman–Crippen LogP) is 1.17. The van der Waals surface area contributed by atoms with Crippen LogP contribution in [0.2, 0.25) is 0 Å². The van der Waals surface area contributed by atoms with Crippen molar-refractivity contribution in [3.63, 3.8) is 0 Å².